The summed E-state index contributed by atoms with van der Waals surface area (Å²) in [5.41, 5.74) is 1.43. The van der Waals surface area contributed by atoms with E-state index in [9.17, 15) is 4.79 Å². The second-order valence-electron chi connectivity index (χ2n) is 4.00. The van der Waals surface area contributed by atoms with E-state index < -0.39 is 0 Å². The second-order valence-corrected chi connectivity index (χ2v) is 5.15. The van der Waals surface area contributed by atoms with Gasteiger partial charge in [-0.25, -0.2) is 4.98 Å². The van der Waals surface area contributed by atoms with Gasteiger partial charge in [0.05, 0.1) is 11.9 Å². The van der Waals surface area contributed by atoms with Gasteiger partial charge in [0.15, 0.2) is 0 Å². The van der Waals surface area contributed by atoms with Crippen molar-refractivity contribution < 1.29 is 4.79 Å². The van der Waals surface area contributed by atoms with Crippen LogP contribution in [-0.2, 0) is 0 Å². The Labute approximate surface area is 106 Å². The van der Waals surface area contributed by atoms with Gasteiger partial charge in [-0.1, -0.05) is 0 Å². The van der Waals surface area contributed by atoms with Gasteiger partial charge in [0, 0.05) is 18.3 Å². The minimum absolute atomic E-state index is 0.0689. The molecule has 0 aliphatic carbocycles. The van der Waals surface area contributed by atoms with Gasteiger partial charge in [-0.3, -0.25) is 4.79 Å². The average Bonchev–Trinajstić information content (AvgIpc) is 2.83. The smallest absolute Gasteiger partial charge is 0.270 e. The Balaban J connectivity index is 1.93. The van der Waals surface area contributed by atoms with Crippen molar-refractivity contribution in [1.29, 1.82) is 0 Å². The molecule has 2 N–H and O–H groups in total. The number of hydrogen-bond acceptors (Lipinski definition) is 4. The average molecular weight is 251 g/mol. The molecular formula is C12H17N3OS. The van der Waals surface area contributed by atoms with Crippen molar-refractivity contribution in [3.63, 3.8) is 0 Å². The molecule has 1 amide bonds. The van der Waals surface area contributed by atoms with Crippen LogP contribution in [0.4, 0.5) is 5.69 Å². The quantitative estimate of drug-likeness (QED) is 0.856. The molecule has 1 fully saturated rings. The van der Waals surface area contributed by atoms with E-state index in [0.29, 0.717) is 11.7 Å². The van der Waals surface area contributed by atoms with E-state index >= 15 is 0 Å². The first-order chi connectivity index (χ1) is 8.29. The molecule has 17 heavy (non-hydrogen) atoms. The van der Waals surface area contributed by atoms with Gasteiger partial charge >= 0.3 is 0 Å². The monoisotopic (exact) mass is 251 g/mol. The Bertz CT molecular complexity index is 374. The number of pyridine rings is 1. The second kappa shape index (κ2) is 5.91. The van der Waals surface area contributed by atoms with E-state index in [1.54, 1.807) is 12.3 Å². The topological polar surface area (TPSA) is 54.0 Å². The Morgan fingerprint density at radius 2 is 2.47 bits per heavy atom. The highest BCUT2D eigenvalue weighted by Crippen LogP contribution is 2.17. The number of aromatic nitrogens is 1. The van der Waals surface area contributed by atoms with Crippen molar-refractivity contribution >= 4 is 23.4 Å². The van der Waals surface area contributed by atoms with E-state index in [0.717, 1.165) is 30.2 Å². The van der Waals surface area contributed by atoms with Crippen LogP contribution in [0.1, 0.15) is 23.8 Å². The molecule has 1 aromatic rings. The zero-order valence-corrected chi connectivity index (χ0v) is 10.7. The number of rotatable bonds is 4. The number of amides is 1. The summed E-state index contributed by atoms with van der Waals surface area (Å²) >= 11 is 1.88. The molecule has 0 radical (unpaired) electrons. The summed E-state index contributed by atoms with van der Waals surface area (Å²) in [7, 11) is 0. The number of carbonyl (C=O) groups is 1. The molecule has 0 spiro atoms. The number of hydrogen-bond donors (Lipinski definition) is 2. The SMILES string of the molecule is CCNc1ccc(C(=O)NC2CCSC2)nc1. The molecule has 1 aliphatic rings. The maximum absolute atomic E-state index is 11.9. The van der Waals surface area contributed by atoms with Crippen LogP contribution in [0.25, 0.3) is 0 Å². The third kappa shape index (κ3) is 3.36. The van der Waals surface area contributed by atoms with Gasteiger partial charge in [-0.05, 0) is 31.2 Å². The third-order valence-electron chi connectivity index (χ3n) is 2.64. The predicted molar refractivity (Wildman–Crippen MR) is 71.6 cm³/mol. The number of anilines is 1. The van der Waals surface area contributed by atoms with Crippen molar-refractivity contribution in [1.82, 2.24) is 10.3 Å². The molecular weight excluding hydrogens is 234 g/mol. The van der Waals surface area contributed by atoms with Crippen LogP contribution in [0, 0.1) is 0 Å². The van der Waals surface area contributed by atoms with E-state index in [-0.39, 0.29) is 5.91 Å². The standard InChI is InChI=1S/C12H17N3OS/c1-2-13-9-3-4-11(14-7-9)12(16)15-10-5-6-17-8-10/h3-4,7,10,13H,2,5-6,8H2,1H3,(H,15,16). The van der Waals surface area contributed by atoms with Gasteiger partial charge in [-0.2, -0.15) is 11.8 Å². The lowest BCUT2D eigenvalue weighted by molar-refractivity contribution is 0.0936. The third-order valence-corrected chi connectivity index (χ3v) is 3.80. The van der Waals surface area contributed by atoms with Crippen molar-refractivity contribution in [3.05, 3.63) is 24.0 Å². The first-order valence-electron chi connectivity index (χ1n) is 5.88. The summed E-state index contributed by atoms with van der Waals surface area (Å²) in [4.78, 5) is 16.0. The molecule has 1 atom stereocenters. The van der Waals surface area contributed by atoms with Gasteiger partial charge in [0.2, 0.25) is 0 Å². The predicted octanol–water partition coefficient (Wildman–Crippen LogP) is 1.75. The lowest BCUT2D eigenvalue weighted by atomic mass is 10.2. The largest absolute Gasteiger partial charge is 0.384 e. The van der Waals surface area contributed by atoms with Gasteiger partial charge in [-0.15, -0.1) is 0 Å². The minimum atomic E-state index is -0.0689. The fourth-order valence-corrected chi connectivity index (χ4v) is 2.90. The number of carbonyl (C=O) groups excluding carboxylic acids is 1. The minimum Gasteiger partial charge on any atom is -0.384 e. The molecule has 2 heterocycles. The Hall–Kier alpha value is -1.23. The van der Waals surface area contributed by atoms with Crippen LogP contribution < -0.4 is 10.6 Å². The molecule has 1 saturated heterocycles. The molecule has 0 saturated carbocycles. The summed E-state index contributed by atoms with van der Waals surface area (Å²) in [6.45, 7) is 2.88. The molecule has 5 heteroatoms. The van der Waals surface area contributed by atoms with Crippen LogP contribution in [0.2, 0.25) is 0 Å². The zero-order chi connectivity index (χ0) is 12.1. The van der Waals surface area contributed by atoms with Crippen molar-refractivity contribution in [2.75, 3.05) is 23.4 Å². The van der Waals surface area contributed by atoms with Gasteiger partial charge in [0.25, 0.3) is 5.91 Å². The van der Waals surface area contributed by atoms with Gasteiger partial charge in [0.1, 0.15) is 5.69 Å². The van der Waals surface area contributed by atoms with Crippen LogP contribution in [0.3, 0.4) is 0 Å². The number of nitrogens with one attached hydrogen (secondary N) is 2. The molecule has 2 rings (SSSR count). The number of thioether (sulfide) groups is 1. The highest BCUT2D eigenvalue weighted by Gasteiger charge is 2.18. The van der Waals surface area contributed by atoms with Crippen LogP contribution in [0.5, 0.6) is 0 Å². The van der Waals surface area contributed by atoms with Crippen molar-refractivity contribution in [3.8, 4) is 0 Å². The highest BCUT2D eigenvalue weighted by molar-refractivity contribution is 7.99. The summed E-state index contributed by atoms with van der Waals surface area (Å²) in [5, 5.41) is 6.15. The zero-order valence-electron chi connectivity index (χ0n) is 9.90. The summed E-state index contributed by atoms with van der Waals surface area (Å²) in [6, 6.07) is 3.95. The van der Waals surface area contributed by atoms with E-state index in [4.69, 9.17) is 0 Å². The first kappa shape index (κ1) is 12.2. The summed E-state index contributed by atoms with van der Waals surface area (Å²) in [5.74, 6) is 2.08. The summed E-state index contributed by atoms with van der Waals surface area (Å²) < 4.78 is 0. The highest BCUT2D eigenvalue weighted by atomic mass is 32.2. The maximum Gasteiger partial charge on any atom is 0.270 e. The van der Waals surface area contributed by atoms with Crippen molar-refractivity contribution in [2.24, 2.45) is 0 Å². The molecule has 92 valence electrons. The molecule has 4 nitrogen and oxygen atoms in total. The molecule has 1 aromatic heterocycles. The lowest BCUT2D eigenvalue weighted by Gasteiger charge is -2.11. The Kier molecular flexibility index (Phi) is 4.25. The van der Waals surface area contributed by atoms with Crippen LogP contribution >= 0.6 is 11.8 Å². The van der Waals surface area contributed by atoms with Crippen molar-refractivity contribution in [2.45, 2.75) is 19.4 Å². The Morgan fingerprint density at radius 1 is 1.59 bits per heavy atom. The van der Waals surface area contributed by atoms with Crippen LogP contribution in [0.15, 0.2) is 18.3 Å². The lowest BCUT2D eigenvalue weighted by Crippen LogP contribution is -2.35. The van der Waals surface area contributed by atoms with Crippen LogP contribution in [-0.4, -0.2) is 35.0 Å². The number of nitrogens with zero attached hydrogens (tertiary/aromatic N) is 1. The maximum atomic E-state index is 11.9. The Morgan fingerprint density at radius 3 is 3.06 bits per heavy atom. The molecule has 1 unspecified atom stereocenters. The fraction of sp³-hybridized carbons (Fsp3) is 0.500. The molecule has 0 bridgehead atoms. The van der Waals surface area contributed by atoms with E-state index in [2.05, 4.69) is 15.6 Å². The molecule has 1 aliphatic heterocycles. The fourth-order valence-electron chi connectivity index (χ4n) is 1.74. The van der Waals surface area contributed by atoms with E-state index in [1.165, 1.54) is 0 Å². The van der Waals surface area contributed by atoms with E-state index in [1.807, 2.05) is 24.8 Å². The first-order valence-corrected chi connectivity index (χ1v) is 7.03. The normalized spacial score (nSPS) is 19.0. The molecule has 0 aromatic carbocycles. The summed E-state index contributed by atoms with van der Waals surface area (Å²) in [6.07, 6.45) is 2.76. The van der Waals surface area contributed by atoms with Gasteiger partial charge < -0.3 is 10.6 Å².